The largest absolute Gasteiger partial charge is 0.479 e. The number of carbonyl (C=O) groups is 1. The molecule has 2 aromatic rings. The molecule has 104 valence electrons. The molecule has 2 N–H and O–H groups in total. The maximum atomic E-state index is 13.5. The molecule has 1 atom stereocenters. The average Bonchev–Trinajstić information content (AvgIpc) is 2.41. The van der Waals surface area contributed by atoms with Crippen LogP contribution in [0.4, 0.5) is 10.1 Å². The molecule has 0 radical (unpaired) electrons. The highest BCUT2D eigenvalue weighted by atomic mass is 35.5. The number of aliphatic carboxylic acids is 1. The van der Waals surface area contributed by atoms with Crippen molar-refractivity contribution in [1.82, 2.24) is 0 Å². The van der Waals surface area contributed by atoms with Gasteiger partial charge in [0.05, 0.1) is 5.02 Å². The first-order valence-corrected chi connectivity index (χ1v) is 6.37. The van der Waals surface area contributed by atoms with E-state index in [1.807, 2.05) is 19.1 Å². The molecule has 20 heavy (non-hydrogen) atoms. The van der Waals surface area contributed by atoms with Crippen LogP contribution in [-0.2, 0) is 4.79 Å². The van der Waals surface area contributed by atoms with E-state index in [1.165, 1.54) is 12.1 Å². The number of carboxylic acids is 1. The molecule has 0 aliphatic rings. The van der Waals surface area contributed by atoms with Gasteiger partial charge in [-0.2, -0.15) is 0 Å². The topological polar surface area (TPSA) is 49.3 Å². The van der Waals surface area contributed by atoms with E-state index in [1.54, 1.807) is 12.1 Å². The van der Waals surface area contributed by atoms with Gasteiger partial charge in [0.2, 0.25) is 0 Å². The first-order valence-electron chi connectivity index (χ1n) is 5.99. The minimum Gasteiger partial charge on any atom is -0.479 e. The fourth-order valence-electron chi connectivity index (χ4n) is 1.87. The van der Waals surface area contributed by atoms with Gasteiger partial charge in [-0.05, 0) is 36.2 Å². The second-order valence-corrected chi connectivity index (χ2v) is 4.81. The lowest BCUT2D eigenvalue weighted by molar-refractivity contribution is -0.138. The number of para-hydroxylation sites is 1. The van der Waals surface area contributed by atoms with Crippen LogP contribution >= 0.6 is 11.6 Å². The van der Waals surface area contributed by atoms with Gasteiger partial charge in [0.25, 0.3) is 0 Å². The third-order valence-corrected chi connectivity index (χ3v) is 3.28. The van der Waals surface area contributed by atoms with E-state index in [4.69, 9.17) is 11.6 Å². The Morgan fingerprint density at radius 2 is 2.00 bits per heavy atom. The Morgan fingerprint density at radius 3 is 2.60 bits per heavy atom. The third kappa shape index (κ3) is 3.08. The van der Waals surface area contributed by atoms with Crippen molar-refractivity contribution in [2.24, 2.45) is 0 Å². The molecule has 5 heteroatoms. The summed E-state index contributed by atoms with van der Waals surface area (Å²) in [5, 5.41) is 12.2. The van der Waals surface area contributed by atoms with Gasteiger partial charge < -0.3 is 10.4 Å². The molecule has 0 fully saturated rings. The van der Waals surface area contributed by atoms with Crippen LogP contribution in [-0.4, -0.2) is 11.1 Å². The third-order valence-electron chi connectivity index (χ3n) is 2.97. The van der Waals surface area contributed by atoms with Crippen LogP contribution in [0.1, 0.15) is 17.2 Å². The molecule has 0 heterocycles. The van der Waals surface area contributed by atoms with Crippen LogP contribution in [0.15, 0.2) is 42.5 Å². The van der Waals surface area contributed by atoms with Crippen molar-refractivity contribution in [2.75, 3.05) is 5.32 Å². The Morgan fingerprint density at radius 1 is 1.30 bits per heavy atom. The fraction of sp³-hybridized carbons (Fsp3) is 0.133. The number of rotatable bonds is 4. The summed E-state index contributed by atoms with van der Waals surface area (Å²) < 4.78 is 13.5. The molecule has 0 aromatic heterocycles. The number of benzene rings is 2. The fourth-order valence-corrected chi connectivity index (χ4v) is 1.99. The minimum absolute atomic E-state index is 0.0335. The van der Waals surface area contributed by atoms with Crippen LogP contribution in [0.25, 0.3) is 0 Å². The molecular formula is C15H13ClFNO2. The van der Waals surface area contributed by atoms with Crippen LogP contribution < -0.4 is 5.32 Å². The normalized spacial score (nSPS) is 11.9. The number of nitrogens with one attached hydrogen (secondary N) is 1. The standard InChI is InChI=1S/C15H13ClFNO2/c1-9-4-2-3-5-13(9)18-14(15(19)20)10-6-7-11(16)12(17)8-10/h2-8,14,18H,1H3,(H,19,20). The summed E-state index contributed by atoms with van der Waals surface area (Å²) in [6.07, 6.45) is 0. The first-order chi connectivity index (χ1) is 9.49. The highest BCUT2D eigenvalue weighted by Gasteiger charge is 2.21. The zero-order valence-electron chi connectivity index (χ0n) is 10.7. The van der Waals surface area contributed by atoms with E-state index < -0.39 is 17.8 Å². The SMILES string of the molecule is Cc1ccccc1NC(C(=O)O)c1ccc(Cl)c(F)c1. The van der Waals surface area contributed by atoms with Crippen molar-refractivity contribution < 1.29 is 14.3 Å². The van der Waals surface area contributed by atoms with Crippen molar-refractivity contribution in [3.05, 3.63) is 64.4 Å². The monoisotopic (exact) mass is 293 g/mol. The molecule has 0 spiro atoms. The van der Waals surface area contributed by atoms with Gasteiger partial charge in [0.15, 0.2) is 6.04 Å². The van der Waals surface area contributed by atoms with Crippen LogP contribution in [0, 0.1) is 12.7 Å². The van der Waals surface area contributed by atoms with Gasteiger partial charge in [-0.15, -0.1) is 0 Å². The summed E-state index contributed by atoms with van der Waals surface area (Å²) in [6.45, 7) is 1.86. The Bertz CT molecular complexity index is 646. The lowest BCUT2D eigenvalue weighted by atomic mass is 10.1. The lowest BCUT2D eigenvalue weighted by Crippen LogP contribution is -2.21. The lowest BCUT2D eigenvalue weighted by Gasteiger charge is -2.18. The van der Waals surface area contributed by atoms with Crippen LogP contribution in [0.2, 0.25) is 5.02 Å². The van der Waals surface area contributed by atoms with Crippen molar-refractivity contribution in [3.63, 3.8) is 0 Å². The highest BCUT2D eigenvalue weighted by molar-refractivity contribution is 6.30. The van der Waals surface area contributed by atoms with Crippen molar-refractivity contribution >= 4 is 23.3 Å². The number of aryl methyl sites for hydroxylation is 1. The molecule has 0 saturated heterocycles. The number of anilines is 1. The van der Waals surface area contributed by atoms with Gasteiger partial charge in [-0.1, -0.05) is 35.9 Å². The highest BCUT2D eigenvalue weighted by Crippen LogP contribution is 2.25. The number of hydrogen-bond donors (Lipinski definition) is 2. The van der Waals surface area contributed by atoms with Gasteiger partial charge in [-0.3, -0.25) is 0 Å². The maximum absolute atomic E-state index is 13.5. The number of hydrogen-bond acceptors (Lipinski definition) is 2. The average molecular weight is 294 g/mol. The van der Waals surface area contributed by atoms with E-state index in [2.05, 4.69) is 5.32 Å². The number of carboxylic acid groups (broad SMARTS) is 1. The van der Waals surface area contributed by atoms with Gasteiger partial charge in [0.1, 0.15) is 5.82 Å². The molecule has 0 amide bonds. The summed E-state index contributed by atoms with van der Waals surface area (Å²) in [7, 11) is 0. The Kier molecular flexibility index (Phi) is 4.25. The van der Waals surface area contributed by atoms with E-state index in [9.17, 15) is 14.3 Å². The summed E-state index contributed by atoms with van der Waals surface area (Å²) in [4.78, 5) is 11.4. The van der Waals surface area contributed by atoms with E-state index in [0.717, 1.165) is 11.6 Å². The second-order valence-electron chi connectivity index (χ2n) is 4.40. The molecule has 0 aliphatic carbocycles. The van der Waals surface area contributed by atoms with Crippen molar-refractivity contribution in [3.8, 4) is 0 Å². The summed E-state index contributed by atoms with van der Waals surface area (Å²) >= 11 is 5.61. The van der Waals surface area contributed by atoms with Gasteiger partial charge in [0, 0.05) is 5.69 Å². The Labute approximate surface area is 121 Å². The van der Waals surface area contributed by atoms with Crippen molar-refractivity contribution in [2.45, 2.75) is 13.0 Å². The maximum Gasteiger partial charge on any atom is 0.330 e. The smallest absolute Gasteiger partial charge is 0.330 e. The minimum atomic E-state index is -1.09. The second kappa shape index (κ2) is 5.92. The summed E-state index contributed by atoms with van der Waals surface area (Å²) in [5.41, 5.74) is 1.91. The van der Waals surface area contributed by atoms with Gasteiger partial charge in [-0.25, -0.2) is 9.18 Å². The van der Waals surface area contributed by atoms with Gasteiger partial charge >= 0.3 is 5.97 Å². The Hall–Kier alpha value is -2.07. The van der Waals surface area contributed by atoms with E-state index >= 15 is 0 Å². The first kappa shape index (κ1) is 14.3. The Balaban J connectivity index is 2.34. The van der Waals surface area contributed by atoms with E-state index in [0.29, 0.717) is 11.3 Å². The molecule has 0 bridgehead atoms. The van der Waals surface area contributed by atoms with E-state index in [-0.39, 0.29) is 5.02 Å². The molecule has 1 unspecified atom stereocenters. The van der Waals surface area contributed by atoms with Crippen molar-refractivity contribution in [1.29, 1.82) is 0 Å². The molecule has 3 nitrogen and oxygen atoms in total. The zero-order chi connectivity index (χ0) is 14.7. The predicted molar refractivity (Wildman–Crippen MR) is 76.6 cm³/mol. The summed E-state index contributed by atoms with van der Waals surface area (Å²) in [5.74, 6) is -1.73. The molecule has 2 aromatic carbocycles. The molecule has 0 saturated carbocycles. The predicted octanol–water partition coefficient (Wildman–Crippen LogP) is 4.03. The summed E-state index contributed by atoms with van der Waals surface area (Å²) in [6, 6.07) is 10.2. The molecule has 0 aliphatic heterocycles. The van der Waals surface area contributed by atoms with Crippen LogP contribution in [0.3, 0.4) is 0 Å². The van der Waals surface area contributed by atoms with Crippen LogP contribution in [0.5, 0.6) is 0 Å². The molecular weight excluding hydrogens is 281 g/mol. The number of halogens is 2. The quantitative estimate of drug-likeness (QED) is 0.895. The zero-order valence-corrected chi connectivity index (χ0v) is 11.5. The molecule has 2 rings (SSSR count).